The van der Waals surface area contributed by atoms with Crippen molar-refractivity contribution in [2.24, 2.45) is 0 Å². The first-order chi connectivity index (χ1) is 15.7. The van der Waals surface area contributed by atoms with Crippen LogP contribution < -0.4 is 14.2 Å². The van der Waals surface area contributed by atoms with Crippen LogP contribution in [-0.2, 0) is 9.59 Å². The fraction of sp³-hybridized carbons (Fsp3) is 0.333. The van der Waals surface area contributed by atoms with Crippen LogP contribution in [0, 0.1) is 0 Å². The van der Waals surface area contributed by atoms with Crippen LogP contribution >= 0.6 is 11.6 Å². The van der Waals surface area contributed by atoms with E-state index < -0.39 is 17.7 Å². The van der Waals surface area contributed by atoms with E-state index in [-0.39, 0.29) is 40.0 Å². The summed E-state index contributed by atoms with van der Waals surface area (Å²) < 4.78 is 16.2. The number of nitrogens with zero attached hydrogens (tertiary/aromatic N) is 2. The van der Waals surface area contributed by atoms with Gasteiger partial charge in [-0.25, -0.2) is 0 Å². The van der Waals surface area contributed by atoms with Crippen molar-refractivity contribution in [2.45, 2.75) is 6.04 Å². The van der Waals surface area contributed by atoms with Crippen molar-refractivity contribution in [3.8, 4) is 17.2 Å². The molecule has 1 amide bonds. The molecule has 1 unspecified atom stereocenters. The van der Waals surface area contributed by atoms with Crippen LogP contribution in [0.3, 0.4) is 0 Å². The highest BCUT2D eigenvalue weighted by atomic mass is 35.5. The smallest absolute Gasteiger partial charge is 0.295 e. The Morgan fingerprint density at radius 3 is 2.27 bits per heavy atom. The number of ketones is 1. The van der Waals surface area contributed by atoms with E-state index in [4.69, 9.17) is 25.8 Å². The van der Waals surface area contributed by atoms with Gasteiger partial charge in [-0.3, -0.25) is 9.59 Å². The molecule has 8 nitrogen and oxygen atoms in total. The molecule has 0 aliphatic carbocycles. The van der Waals surface area contributed by atoms with Crippen LogP contribution in [0.15, 0.2) is 42.0 Å². The van der Waals surface area contributed by atoms with Crippen molar-refractivity contribution >= 4 is 29.1 Å². The van der Waals surface area contributed by atoms with Crippen molar-refractivity contribution in [1.82, 2.24) is 9.80 Å². The van der Waals surface area contributed by atoms with E-state index in [1.54, 1.807) is 24.3 Å². The number of benzene rings is 2. The summed E-state index contributed by atoms with van der Waals surface area (Å²) in [6, 6.07) is 9.20. The van der Waals surface area contributed by atoms with Gasteiger partial charge in [-0.2, -0.15) is 0 Å². The first-order valence-corrected chi connectivity index (χ1v) is 10.6. The van der Waals surface area contributed by atoms with Gasteiger partial charge in [0.2, 0.25) is 0 Å². The molecule has 3 rings (SSSR count). The number of amides is 1. The number of hydrogen-bond acceptors (Lipinski definition) is 7. The first-order valence-electron chi connectivity index (χ1n) is 10.2. The van der Waals surface area contributed by atoms with Gasteiger partial charge in [0.05, 0.1) is 43.5 Å². The molecule has 1 N–H and O–H groups in total. The third-order valence-electron chi connectivity index (χ3n) is 5.49. The van der Waals surface area contributed by atoms with Crippen LogP contribution in [0.2, 0.25) is 5.02 Å². The maximum Gasteiger partial charge on any atom is 0.295 e. The minimum Gasteiger partial charge on any atom is -0.507 e. The van der Waals surface area contributed by atoms with Crippen LogP contribution in [0.1, 0.15) is 17.2 Å². The Hall–Kier alpha value is -3.23. The van der Waals surface area contributed by atoms with E-state index in [2.05, 4.69) is 0 Å². The monoisotopic (exact) mass is 474 g/mol. The molecule has 1 atom stereocenters. The molecular weight excluding hydrogens is 448 g/mol. The van der Waals surface area contributed by atoms with Crippen LogP contribution in [0.5, 0.6) is 17.2 Å². The van der Waals surface area contributed by atoms with E-state index in [1.807, 2.05) is 19.0 Å². The standard InChI is InChI=1S/C24H27ClN2O6/c1-26(2)10-11-27-21(14-8-6-7-9-17(14)31-3)20(23(29)24(27)30)22(28)15-12-19(33-5)16(25)13-18(15)32-4/h6-9,12-13,21,28H,10-11H2,1-5H3/b22-20+. The van der Waals surface area contributed by atoms with Gasteiger partial charge in [0, 0.05) is 24.7 Å². The molecular formula is C24H27ClN2O6. The molecule has 1 heterocycles. The molecule has 0 radical (unpaired) electrons. The molecule has 0 spiro atoms. The second kappa shape index (κ2) is 10.1. The van der Waals surface area contributed by atoms with E-state index in [0.717, 1.165) is 0 Å². The Morgan fingerprint density at radius 2 is 1.67 bits per heavy atom. The molecule has 9 heteroatoms. The Morgan fingerprint density at radius 1 is 1.03 bits per heavy atom. The molecule has 33 heavy (non-hydrogen) atoms. The van der Waals surface area contributed by atoms with Crippen LogP contribution in [0.25, 0.3) is 5.76 Å². The zero-order valence-corrected chi connectivity index (χ0v) is 20.0. The van der Waals surface area contributed by atoms with E-state index >= 15 is 0 Å². The quantitative estimate of drug-likeness (QED) is 0.356. The van der Waals surface area contributed by atoms with E-state index in [0.29, 0.717) is 17.9 Å². The average molecular weight is 475 g/mol. The molecule has 0 aromatic heterocycles. The van der Waals surface area contributed by atoms with Crippen LogP contribution in [-0.4, -0.2) is 75.1 Å². The summed E-state index contributed by atoms with van der Waals surface area (Å²) >= 11 is 6.20. The zero-order chi connectivity index (χ0) is 24.3. The Kier molecular flexibility index (Phi) is 7.50. The van der Waals surface area contributed by atoms with Crippen molar-refractivity contribution in [3.05, 3.63) is 58.1 Å². The third-order valence-corrected chi connectivity index (χ3v) is 5.79. The van der Waals surface area contributed by atoms with E-state index in [9.17, 15) is 14.7 Å². The summed E-state index contributed by atoms with van der Waals surface area (Å²) in [7, 11) is 8.12. The maximum absolute atomic E-state index is 13.2. The molecule has 176 valence electrons. The second-order valence-corrected chi connectivity index (χ2v) is 8.13. The number of likely N-dealkylation sites (N-methyl/N-ethyl adjacent to an activating group) is 1. The molecule has 2 aromatic rings. The number of Topliss-reactive ketones (excluding diaryl/α,β-unsaturated/α-hetero) is 1. The number of carbonyl (C=O) groups excluding carboxylic acids is 2. The summed E-state index contributed by atoms with van der Waals surface area (Å²) in [6.07, 6.45) is 0. The van der Waals surface area contributed by atoms with Crippen LogP contribution in [0.4, 0.5) is 0 Å². The number of aliphatic hydroxyl groups excluding tert-OH is 1. The molecule has 1 fully saturated rings. The first kappa shape index (κ1) is 24.4. The van der Waals surface area contributed by atoms with Gasteiger partial charge in [0.1, 0.15) is 23.0 Å². The number of methoxy groups -OCH3 is 3. The number of para-hydroxylation sites is 1. The van der Waals surface area contributed by atoms with Crippen molar-refractivity contribution in [1.29, 1.82) is 0 Å². The van der Waals surface area contributed by atoms with E-state index in [1.165, 1.54) is 38.4 Å². The molecule has 0 bridgehead atoms. The highest BCUT2D eigenvalue weighted by Gasteiger charge is 2.47. The molecule has 1 saturated heterocycles. The van der Waals surface area contributed by atoms with Gasteiger partial charge in [-0.1, -0.05) is 29.8 Å². The zero-order valence-electron chi connectivity index (χ0n) is 19.2. The topological polar surface area (TPSA) is 88.5 Å². The lowest BCUT2D eigenvalue weighted by molar-refractivity contribution is -0.140. The molecule has 1 aliphatic heterocycles. The lowest BCUT2D eigenvalue weighted by Gasteiger charge is -2.27. The predicted octanol–water partition coefficient (Wildman–Crippen LogP) is 3.35. The lowest BCUT2D eigenvalue weighted by Crippen LogP contribution is -2.35. The Labute approximate surface area is 197 Å². The van der Waals surface area contributed by atoms with Gasteiger partial charge >= 0.3 is 0 Å². The maximum atomic E-state index is 13.2. The number of aliphatic hydroxyl groups is 1. The predicted molar refractivity (Wildman–Crippen MR) is 125 cm³/mol. The summed E-state index contributed by atoms with van der Waals surface area (Å²) in [6.45, 7) is 0.801. The summed E-state index contributed by atoms with van der Waals surface area (Å²) in [4.78, 5) is 29.6. The second-order valence-electron chi connectivity index (χ2n) is 7.72. The molecule has 2 aromatic carbocycles. The fourth-order valence-electron chi connectivity index (χ4n) is 3.82. The van der Waals surface area contributed by atoms with Gasteiger partial charge in [-0.15, -0.1) is 0 Å². The Balaban J connectivity index is 2.28. The minimum absolute atomic E-state index is 0.0640. The normalized spacial score (nSPS) is 17.5. The number of halogens is 1. The van der Waals surface area contributed by atoms with Crippen molar-refractivity contribution in [2.75, 3.05) is 48.5 Å². The number of rotatable bonds is 8. The Bertz CT molecular complexity index is 1100. The molecule has 0 saturated carbocycles. The van der Waals surface area contributed by atoms with Crippen molar-refractivity contribution < 1.29 is 28.9 Å². The number of carbonyl (C=O) groups is 2. The summed E-state index contributed by atoms with van der Waals surface area (Å²) in [5.74, 6) is -0.868. The largest absolute Gasteiger partial charge is 0.507 e. The average Bonchev–Trinajstić information content (AvgIpc) is 3.06. The van der Waals surface area contributed by atoms with Gasteiger partial charge in [-0.05, 0) is 26.2 Å². The highest BCUT2D eigenvalue weighted by Crippen LogP contribution is 2.44. The lowest BCUT2D eigenvalue weighted by atomic mass is 9.94. The van der Waals surface area contributed by atoms with Crippen molar-refractivity contribution in [3.63, 3.8) is 0 Å². The highest BCUT2D eigenvalue weighted by molar-refractivity contribution is 6.46. The minimum atomic E-state index is -0.854. The summed E-state index contributed by atoms with van der Waals surface area (Å²) in [5.41, 5.74) is 0.703. The number of hydrogen-bond donors (Lipinski definition) is 1. The van der Waals surface area contributed by atoms with Gasteiger partial charge in [0.25, 0.3) is 11.7 Å². The fourth-order valence-corrected chi connectivity index (χ4v) is 4.06. The molecule has 1 aliphatic rings. The number of ether oxygens (including phenoxy) is 3. The third kappa shape index (κ3) is 4.62. The summed E-state index contributed by atoms with van der Waals surface area (Å²) in [5, 5.41) is 11.6. The SMILES string of the molecule is COc1cc(/C(O)=C2\C(=O)C(=O)N(CCN(C)C)C2c2ccccc2OC)c(OC)cc1Cl. The van der Waals surface area contributed by atoms with Gasteiger partial charge in [0.15, 0.2) is 0 Å². The number of likely N-dealkylation sites (tertiary alicyclic amines) is 1. The van der Waals surface area contributed by atoms with Gasteiger partial charge < -0.3 is 29.1 Å².